The molecule has 0 amide bonds. The molecule has 0 radical (unpaired) electrons. The zero-order valence-electron chi connectivity index (χ0n) is 16.2. The average Bonchev–Trinajstić information content (AvgIpc) is 3.22. The molecule has 31 heavy (non-hydrogen) atoms. The summed E-state index contributed by atoms with van der Waals surface area (Å²) < 4.78 is 43.3. The molecule has 0 bridgehead atoms. The molecule has 3 nitrogen and oxygen atoms in total. The predicted octanol–water partition coefficient (Wildman–Crippen LogP) is 7.71. The number of ether oxygens (including phenoxy) is 1. The number of nitrogens with zero attached hydrogens (tertiary/aromatic N) is 1. The van der Waals surface area contributed by atoms with Gasteiger partial charge < -0.3 is 4.74 Å². The summed E-state index contributed by atoms with van der Waals surface area (Å²) in [5.41, 5.74) is 1.17. The van der Waals surface area contributed by atoms with E-state index >= 15 is 0 Å². The van der Waals surface area contributed by atoms with Crippen molar-refractivity contribution in [2.45, 2.75) is 26.6 Å². The van der Waals surface area contributed by atoms with Crippen LogP contribution in [0.15, 0.2) is 41.4 Å². The molecule has 0 spiro atoms. The lowest BCUT2D eigenvalue weighted by Crippen LogP contribution is -2.11. The van der Waals surface area contributed by atoms with Crippen molar-refractivity contribution < 1.29 is 22.7 Å². The Morgan fingerprint density at radius 1 is 1.16 bits per heavy atom. The van der Waals surface area contributed by atoms with Crippen LogP contribution in [0.25, 0.3) is 11.3 Å². The first-order valence-electron chi connectivity index (χ1n) is 9.04. The van der Waals surface area contributed by atoms with Crippen molar-refractivity contribution in [3.05, 3.63) is 62.2 Å². The Balaban J connectivity index is 1.65. The van der Waals surface area contributed by atoms with Crippen LogP contribution < -0.4 is 0 Å². The standard InChI is InChI=1S/C21H16Cl4F3NO2/c1-20(2)12(7-15(24)21(26,27)28)16(20)19(30)31-9-10-3-5-11(6-4-10)17-13(22)8-14(23)18(25)29-17/h3-8,12,16H,9H2,1-2H3/b15-7-. The molecule has 10 heteroatoms. The number of pyridine rings is 1. The second kappa shape index (κ2) is 8.81. The highest BCUT2D eigenvalue weighted by atomic mass is 35.5. The largest absolute Gasteiger partial charge is 0.461 e. The molecule has 166 valence electrons. The van der Waals surface area contributed by atoms with Crippen LogP contribution in [0.5, 0.6) is 0 Å². The van der Waals surface area contributed by atoms with E-state index in [1.54, 1.807) is 38.1 Å². The molecule has 0 N–H and O–H groups in total. The highest BCUT2D eigenvalue weighted by molar-refractivity contribution is 6.43. The van der Waals surface area contributed by atoms with Gasteiger partial charge in [-0.3, -0.25) is 4.79 Å². The first-order valence-corrected chi connectivity index (χ1v) is 10.6. The van der Waals surface area contributed by atoms with E-state index < -0.39 is 34.4 Å². The zero-order chi connectivity index (χ0) is 23.1. The Labute approximate surface area is 197 Å². The Morgan fingerprint density at radius 3 is 2.35 bits per heavy atom. The van der Waals surface area contributed by atoms with Crippen molar-refractivity contribution in [2.75, 3.05) is 0 Å². The minimum absolute atomic E-state index is 0.0301. The van der Waals surface area contributed by atoms with Gasteiger partial charge in [-0.15, -0.1) is 0 Å². The number of carbonyl (C=O) groups is 1. The van der Waals surface area contributed by atoms with Crippen molar-refractivity contribution in [1.29, 1.82) is 0 Å². The maximum Gasteiger partial charge on any atom is 0.426 e. The van der Waals surface area contributed by atoms with E-state index in [9.17, 15) is 18.0 Å². The number of rotatable bonds is 5. The van der Waals surface area contributed by atoms with Crippen molar-refractivity contribution >= 4 is 52.4 Å². The minimum Gasteiger partial charge on any atom is -0.461 e. The van der Waals surface area contributed by atoms with E-state index in [1.165, 1.54) is 6.07 Å². The molecule has 1 aliphatic rings. The molecule has 2 atom stereocenters. The second-order valence-electron chi connectivity index (χ2n) is 7.73. The lowest BCUT2D eigenvalue weighted by molar-refractivity contribution is -0.147. The summed E-state index contributed by atoms with van der Waals surface area (Å²) in [7, 11) is 0. The summed E-state index contributed by atoms with van der Waals surface area (Å²) in [6.07, 6.45) is -3.75. The molecule has 1 aromatic heterocycles. The molecule has 1 aliphatic carbocycles. The normalized spacial score (nSPS) is 20.5. The number of benzene rings is 1. The van der Waals surface area contributed by atoms with Crippen molar-refractivity contribution in [2.24, 2.45) is 17.3 Å². The monoisotopic (exact) mass is 511 g/mol. The van der Waals surface area contributed by atoms with Gasteiger partial charge in [0.05, 0.1) is 21.7 Å². The van der Waals surface area contributed by atoms with Crippen LogP contribution in [0.1, 0.15) is 19.4 Å². The van der Waals surface area contributed by atoms with Gasteiger partial charge in [-0.2, -0.15) is 13.2 Å². The maximum atomic E-state index is 12.7. The van der Waals surface area contributed by atoms with Crippen LogP contribution in [-0.4, -0.2) is 17.1 Å². The molecule has 3 rings (SSSR count). The summed E-state index contributed by atoms with van der Waals surface area (Å²) in [6, 6.07) is 8.41. The van der Waals surface area contributed by atoms with Gasteiger partial charge in [0, 0.05) is 5.56 Å². The summed E-state index contributed by atoms with van der Waals surface area (Å²) in [4.78, 5) is 16.6. The molecule has 0 aliphatic heterocycles. The predicted molar refractivity (Wildman–Crippen MR) is 115 cm³/mol. The van der Waals surface area contributed by atoms with E-state index in [-0.39, 0.29) is 16.8 Å². The van der Waals surface area contributed by atoms with E-state index in [1.807, 2.05) is 0 Å². The smallest absolute Gasteiger partial charge is 0.426 e. The number of esters is 1. The average molecular weight is 513 g/mol. The van der Waals surface area contributed by atoms with Gasteiger partial charge in [-0.1, -0.05) is 90.6 Å². The Morgan fingerprint density at radius 2 is 1.77 bits per heavy atom. The third-order valence-electron chi connectivity index (χ3n) is 5.26. The summed E-state index contributed by atoms with van der Waals surface area (Å²) >= 11 is 23.3. The van der Waals surface area contributed by atoms with E-state index in [4.69, 9.17) is 51.1 Å². The first-order chi connectivity index (χ1) is 14.3. The molecule has 1 fully saturated rings. The summed E-state index contributed by atoms with van der Waals surface area (Å²) in [5, 5.41) is -0.529. The van der Waals surface area contributed by atoms with Crippen LogP contribution in [0.4, 0.5) is 13.2 Å². The fraction of sp³-hybridized carbons (Fsp3) is 0.333. The van der Waals surface area contributed by atoms with Gasteiger partial charge in [-0.25, -0.2) is 4.98 Å². The summed E-state index contributed by atoms with van der Waals surface area (Å²) in [5.74, 6) is -1.90. The third-order valence-corrected chi connectivity index (χ3v) is 6.56. The lowest BCUT2D eigenvalue weighted by Gasteiger charge is -2.08. The highest BCUT2D eigenvalue weighted by Gasteiger charge is 2.62. The Kier molecular flexibility index (Phi) is 6.87. The fourth-order valence-electron chi connectivity index (χ4n) is 3.34. The summed E-state index contributed by atoms with van der Waals surface area (Å²) in [6.45, 7) is 3.37. The molecule has 1 heterocycles. The van der Waals surface area contributed by atoms with Gasteiger partial charge in [-0.05, 0) is 23.0 Å². The third kappa shape index (κ3) is 5.30. The number of carbonyl (C=O) groups excluding carboxylic acids is 1. The molecular formula is C21H16Cl4F3NO2. The molecule has 0 saturated heterocycles. The molecular weight excluding hydrogens is 497 g/mol. The van der Waals surface area contributed by atoms with Gasteiger partial charge in [0.1, 0.15) is 16.8 Å². The number of hydrogen-bond acceptors (Lipinski definition) is 3. The number of alkyl halides is 3. The Bertz CT molecular complexity index is 1040. The molecule has 2 aromatic rings. The quantitative estimate of drug-likeness (QED) is 0.304. The van der Waals surface area contributed by atoms with Crippen LogP contribution >= 0.6 is 46.4 Å². The molecule has 1 saturated carbocycles. The minimum atomic E-state index is -4.64. The van der Waals surface area contributed by atoms with Crippen molar-refractivity contribution in [3.63, 3.8) is 0 Å². The van der Waals surface area contributed by atoms with Gasteiger partial charge >= 0.3 is 12.1 Å². The van der Waals surface area contributed by atoms with Gasteiger partial charge in [0.15, 0.2) is 0 Å². The molecule has 2 unspecified atom stereocenters. The van der Waals surface area contributed by atoms with Crippen molar-refractivity contribution in [3.8, 4) is 11.3 Å². The Hall–Kier alpha value is -1.47. The van der Waals surface area contributed by atoms with Crippen LogP contribution in [0.3, 0.4) is 0 Å². The maximum absolute atomic E-state index is 12.7. The van der Waals surface area contributed by atoms with Crippen LogP contribution in [-0.2, 0) is 16.1 Å². The highest BCUT2D eigenvalue weighted by Crippen LogP contribution is 2.60. The van der Waals surface area contributed by atoms with E-state index in [2.05, 4.69) is 4.98 Å². The van der Waals surface area contributed by atoms with Crippen LogP contribution in [0.2, 0.25) is 15.2 Å². The second-order valence-corrected chi connectivity index (χ2v) is 9.31. The fourth-order valence-corrected chi connectivity index (χ4v) is 4.08. The first kappa shape index (κ1) is 24.2. The van der Waals surface area contributed by atoms with Gasteiger partial charge in [0.2, 0.25) is 0 Å². The van der Waals surface area contributed by atoms with Gasteiger partial charge in [0.25, 0.3) is 0 Å². The SMILES string of the molecule is CC1(C)C(/C=C(\Cl)C(F)(F)F)C1C(=O)OCc1ccc(-c2nc(Cl)c(Cl)cc2Cl)cc1. The number of aromatic nitrogens is 1. The van der Waals surface area contributed by atoms with Crippen molar-refractivity contribution in [1.82, 2.24) is 4.98 Å². The lowest BCUT2D eigenvalue weighted by atomic mass is 10.1. The zero-order valence-corrected chi connectivity index (χ0v) is 19.3. The van der Waals surface area contributed by atoms with E-state index in [0.717, 1.165) is 6.08 Å². The number of halogens is 7. The number of hydrogen-bond donors (Lipinski definition) is 0. The molecule has 1 aromatic carbocycles. The van der Waals surface area contributed by atoms with E-state index in [0.29, 0.717) is 21.8 Å². The topological polar surface area (TPSA) is 39.2 Å². The van der Waals surface area contributed by atoms with Crippen LogP contribution in [0, 0.1) is 17.3 Å². The number of allylic oxidation sites excluding steroid dienone is 2.